The summed E-state index contributed by atoms with van der Waals surface area (Å²) in [6.45, 7) is 2.84. The Hall–Kier alpha value is -2.00. The molecule has 7 heteroatoms. The van der Waals surface area contributed by atoms with Crippen LogP contribution in [0, 0.1) is 0 Å². The van der Waals surface area contributed by atoms with Crippen LogP contribution in [0.1, 0.15) is 11.1 Å². The van der Waals surface area contributed by atoms with Gasteiger partial charge in [0, 0.05) is 32.2 Å². The second-order valence-corrected chi connectivity index (χ2v) is 6.39. The molecule has 2 aromatic carbocycles. The van der Waals surface area contributed by atoms with Crippen molar-refractivity contribution in [2.24, 2.45) is 4.99 Å². The van der Waals surface area contributed by atoms with Gasteiger partial charge in [-0.1, -0.05) is 30.3 Å². The van der Waals surface area contributed by atoms with Gasteiger partial charge in [-0.3, -0.25) is 4.99 Å². The Morgan fingerprint density at radius 3 is 2.50 bits per heavy atom. The first kappa shape index (κ1) is 24.0. The Morgan fingerprint density at radius 1 is 1.04 bits per heavy atom. The third-order valence-electron chi connectivity index (χ3n) is 4.03. The average molecular weight is 498 g/mol. The molecule has 0 spiro atoms. The van der Waals surface area contributed by atoms with Gasteiger partial charge in [0.05, 0.1) is 7.11 Å². The smallest absolute Gasteiger partial charge is 0.191 e. The fourth-order valence-electron chi connectivity index (χ4n) is 2.50. The quantitative estimate of drug-likeness (QED) is 0.316. The summed E-state index contributed by atoms with van der Waals surface area (Å²) < 4.78 is 11.2. The summed E-state index contributed by atoms with van der Waals surface area (Å²) in [6, 6.07) is 16.0. The van der Waals surface area contributed by atoms with Crippen LogP contribution >= 0.6 is 24.0 Å². The molecular formula is C21H31IN4O2. The number of methoxy groups -OCH3 is 1. The summed E-state index contributed by atoms with van der Waals surface area (Å²) in [6.07, 6.45) is 0. The summed E-state index contributed by atoms with van der Waals surface area (Å²) in [5.74, 6) is 2.48. The first-order valence-electron chi connectivity index (χ1n) is 9.05. The molecule has 0 aromatic heterocycles. The first-order chi connectivity index (χ1) is 13.1. The summed E-state index contributed by atoms with van der Waals surface area (Å²) in [5.41, 5.74) is 2.23. The highest BCUT2D eigenvalue weighted by atomic mass is 127. The normalized spacial score (nSPS) is 11.0. The van der Waals surface area contributed by atoms with E-state index in [4.69, 9.17) is 9.47 Å². The lowest BCUT2D eigenvalue weighted by Gasteiger charge is -2.16. The first-order valence-corrected chi connectivity index (χ1v) is 9.05. The van der Waals surface area contributed by atoms with Gasteiger partial charge in [-0.05, 0) is 37.9 Å². The van der Waals surface area contributed by atoms with Crippen molar-refractivity contribution in [2.45, 2.75) is 13.1 Å². The van der Waals surface area contributed by atoms with Crippen LogP contribution in [0.2, 0.25) is 0 Å². The zero-order valence-electron chi connectivity index (χ0n) is 17.1. The Bertz CT molecular complexity index is 738. The van der Waals surface area contributed by atoms with E-state index in [0.717, 1.165) is 35.1 Å². The molecule has 0 aliphatic carbocycles. The van der Waals surface area contributed by atoms with Crippen molar-refractivity contribution in [3.63, 3.8) is 0 Å². The molecule has 0 bridgehead atoms. The van der Waals surface area contributed by atoms with Crippen LogP contribution in [0.25, 0.3) is 0 Å². The molecule has 0 atom stereocenters. The number of aliphatic imine (C=N–C) groups is 1. The minimum Gasteiger partial charge on any atom is -0.497 e. The molecule has 154 valence electrons. The minimum absolute atomic E-state index is 0. The molecule has 0 saturated carbocycles. The molecule has 0 amide bonds. The molecule has 0 radical (unpaired) electrons. The van der Waals surface area contributed by atoms with Crippen LogP contribution in [0.15, 0.2) is 53.5 Å². The number of benzene rings is 2. The van der Waals surface area contributed by atoms with Gasteiger partial charge in [-0.2, -0.15) is 0 Å². The van der Waals surface area contributed by atoms with E-state index in [1.807, 2.05) is 50.5 Å². The third-order valence-corrected chi connectivity index (χ3v) is 4.03. The molecule has 0 saturated heterocycles. The van der Waals surface area contributed by atoms with E-state index >= 15 is 0 Å². The minimum atomic E-state index is 0. The lowest BCUT2D eigenvalue weighted by molar-refractivity contribution is 0.259. The van der Waals surface area contributed by atoms with Crippen molar-refractivity contribution in [1.82, 2.24) is 15.5 Å². The van der Waals surface area contributed by atoms with E-state index in [1.54, 1.807) is 14.2 Å². The van der Waals surface area contributed by atoms with Crippen LogP contribution in [0.4, 0.5) is 0 Å². The Labute approximate surface area is 185 Å². The zero-order chi connectivity index (χ0) is 19.5. The number of ether oxygens (including phenoxy) is 2. The Balaban J connectivity index is 0.00000392. The van der Waals surface area contributed by atoms with Gasteiger partial charge in [0.15, 0.2) is 5.96 Å². The molecule has 2 N–H and O–H groups in total. The van der Waals surface area contributed by atoms with Gasteiger partial charge in [-0.25, -0.2) is 0 Å². The second-order valence-electron chi connectivity index (χ2n) is 6.39. The molecule has 0 fully saturated rings. The SMILES string of the molecule is CN=C(NCc1cccc(OC)c1)NCc1ccccc1OCCN(C)C.I. The zero-order valence-corrected chi connectivity index (χ0v) is 19.4. The third kappa shape index (κ3) is 8.35. The second kappa shape index (κ2) is 13.2. The average Bonchev–Trinajstić information content (AvgIpc) is 2.69. The van der Waals surface area contributed by atoms with Crippen molar-refractivity contribution in [3.05, 3.63) is 59.7 Å². The number of likely N-dealkylation sites (N-methyl/N-ethyl adjacent to an activating group) is 1. The number of rotatable bonds is 9. The van der Waals surface area contributed by atoms with E-state index in [0.29, 0.717) is 19.7 Å². The van der Waals surface area contributed by atoms with Gasteiger partial charge >= 0.3 is 0 Å². The highest BCUT2D eigenvalue weighted by Gasteiger charge is 2.05. The monoisotopic (exact) mass is 498 g/mol. The number of nitrogens with one attached hydrogen (secondary N) is 2. The topological polar surface area (TPSA) is 58.1 Å². The van der Waals surface area contributed by atoms with E-state index in [9.17, 15) is 0 Å². The van der Waals surface area contributed by atoms with Gasteiger partial charge in [0.1, 0.15) is 18.1 Å². The number of nitrogens with zero attached hydrogens (tertiary/aromatic N) is 2. The van der Waals surface area contributed by atoms with Crippen LogP contribution < -0.4 is 20.1 Å². The van der Waals surface area contributed by atoms with E-state index in [-0.39, 0.29) is 24.0 Å². The van der Waals surface area contributed by atoms with Crippen molar-refractivity contribution in [2.75, 3.05) is 41.4 Å². The maximum absolute atomic E-state index is 5.91. The summed E-state index contributed by atoms with van der Waals surface area (Å²) >= 11 is 0. The predicted octanol–water partition coefficient (Wildman–Crippen LogP) is 3.12. The van der Waals surface area contributed by atoms with Gasteiger partial charge in [-0.15, -0.1) is 24.0 Å². The van der Waals surface area contributed by atoms with Crippen molar-refractivity contribution >= 4 is 29.9 Å². The van der Waals surface area contributed by atoms with Crippen molar-refractivity contribution < 1.29 is 9.47 Å². The number of guanidine groups is 1. The van der Waals surface area contributed by atoms with Crippen molar-refractivity contribution in [1.29, 1.82) is 0 Å². The highest BCUT2D eigenvalue weighted by Crippen LogP contribution is 2.17. The molecule has 0 unspecified atom stereocenters. The summed E-state index contributed by atoms with van der Waals surface area (Å²) in [7, 11) is 7.51. The van der Waals surface area contributed by atoms with E-state index < -0.39 is 0 Å². The molecule has 0 heterocycles. The fraction of sp³-hybridized carbons (Fsp3) is 0.381. The predicted molar refractivity (Wildman–Crippen MR) is 126 cm³/mol. The lowest BCUT2D eigenvalue weighted by atomic mass is 10.2. The van der Waals surface area contributed by atoms with E-state index in [1.165, 1.54) is 0 Å². The summed E-state index contributed by atoms with van der Waals surface area (Å²) in [4.78, 5) is 6.39. The van der Waals surface area contributed by atoms with Gasteiger partial charge < -0.3 is 25.0 Å². The maximum atomic E-state index is 5.91. The number of halogens is 1. The van der Waals surface area contributed by atoms with Crippen LogP contribution in [0.5, 0.6) is 11.5 Å². The molecule has 2 aromatic rings. The lowest BCUT2D eigenvalue weighted by Crippen LogP contribution is -2.36. The molecule has 2 rings (SSSR count). The summed E-state index contributed by atoms with van der Waals surface area (Å²) in [5, 5.41) is 6.66. The molecule has 0 aliphatic rings. The molecular weight excluding hydrogens is 467 g/mol. The molecule has 0 aliphatic heterocycles. The van der Waals surface area contributed by atoms with Gasteiger partial charge in [0.2, 0.25) is 0 Å². The maximum Gasteiger partial charge on any atom is 0.191 e. The molecule has 28 heavy (non-hydrogen) atoms. The van der Waals surface area contributed by atoms with Crippen LogP contribution in [0.3, 0.4) is 0 Å². The van der Waals surface area contributed by atoms with Crippen LogP contribution in [-0.4, -0.2) is 52.3 Å². The van der Waals surface area contributed by atoms with Crippen LogP contribution in [-0.2, 0) is 13.1 Å². The number of hydrogen-bond donors (Lipinski definition) is 2. The van der Waals surface area contributed by atoms with E-state index in [2.05, 4.69) is 32.7 Å². The Kier molecular flexibility index (Phi) is 11.4. The largest absolute Gasteiger partial charge is 0.497 e. The van der Waals surface area contributed by atoms with Gasteiger partial charge in [0.25, 0.3) is 0 Å². The number of para-hydroxylation sites is 1. The molecule has 6 nitrogen and oxygen atoms in total. The van der Waals surface area contributed by atoms with Crippen molar-refractivity contribution in [3.8, 4) is 11.5 Å². The highest BCUT2D eigenvalue weighted by molar-refractivity contribution is 14.0. The fourth-order valence-corrected chi connectivity index (χ4v) is 2.50. The number of hydrogen-bond acceptors (Lipinski definition) is 4. The Morgan fingerprint density at radius 2 is 1.79 bits per heavy atom. The standard InChI is InChI=1S/C21H30N4O2.HI/c1-22-21(23-15-17-8-7-10-19(14-17)26-4)24-16-18-9-5-6-11-20(18)27-13-12-25(2)3;/h5-11,14H,12-13,15-16H2,1-4H3,(H2,22,23,24);1H.